The normalized spacial score (nSPS) is 18.4. The zero-order valence-corrected chi connectivity index (χ0v) is 19.9. The van der Waals surface area contributed by atoms with E-state index in [1.807, 2.05) is 19.9 Å². The highest BCUT2D eigenvalue weighted by molar-refractivity contribution is 5.91. The minimum atomic E-state index is -4.74. The molecule has 0 radical (unpaired) electrons. The largest absolute Gasteiger partial charge is 0.573 e. The second-order valence-electron chi connectivity index (χ2n) is 9.47. The lowest BCUT2D eigenvalue weighted by Crippen LogP contribution is -2.48. The Labute approximate surface area is 198 Å². The molecule has 3 aromatic carbocycles. The van der Waals surface area contributed by atoms with Crippen LogP contribution in [0.4, 0.5) is 35.9 Å². The van der Waals surface area contributed by atoms with Gasteiger partial charge in [0, 0.05) is 22.9 Å². The molecule has 0 fully saturated rings. The van der Waals surface area contributed by atoms with E-state index >= 15 is 0 Å². The number of fused-ring (bicyclic) bond motifs is 5. The Morgan fingerprint density at radius 3 is 2.18 bits per heavy atom. The molecule has 2 heterocycles. The molecule has 6 heteroatoms. The van der Waals surface area contributed by atoms with Gasteiger partial charge in [0.25, 0.3) is 0 Å². The van der Waals surface area contributed by atoms with Crippen LogP contribution >= 0.6 is 0 Å². The molecule has 0 N–H and O–H groups in total. The molecular formula is C28H29F3N2O. The Morgan fingerprint density at radius 1 is 0.853 bits per heavy atom. The van der Waals surface area contributed by atoms with Gasteiger partial charge in [-0.25, -0.2) is 0 Å². The van der Waals surface area contributed by atoms with Crippen molar-refractivity contribution in [2.45, 2.75) is 64.9 Å². The first kappa shape index (κ1) is 22.6. The number of aryl methyl sites for hydroxylation is 2. The molecule has 2 aliphatic rings. The number of benzene rings is 3. The summed E-state index contributed by atoms with van der Waals surface area (Å²) in [5.41, 5.74) is 7.26. The van der Waals surface area contributed by atoms with E-state index in [0.29, 0.717) is 0 Å². The van der Waals surface area contributed by atoms with E-state index in [1.54, 1.807) is 6.07 Å². The first-order valence-electron chi connectivity index (χ1n) is 11.8. The van der Waals surface area contributed by atoms with Crippen LogP contribution in [0.1, 0.15) is 49.8 Å². The van der Waals surface area contributed by atoms with Crippen LogP contribution in [0.25, 0.3) is 0 Å². The summed E-state index contributed by atoms with van der Waals surface area (Å²) in [4.78, 5) is 4.50. The molecule has 5 rings (SSSR count). The molecule has 178 valence electrons. The predicted molar refractivity (Wildman–Crippen MR) is 130 cm³/mol. The Bertz CT molecular complexity index is 1210. The number of nitrogens with zero attached hydrogens (tertiary/aromatic N) is 2. The van der Waals surface area contributed by atoms with E-state index < -0.39 is 6.36 Å². The molecule has 0 amide bonds. The van der Waals surface area contributed by atoms with Gasteiger partial charge >= 0.3 is 6.36 Å². The highest BCUT2D eigenvalue weighted by atomic mass is 19.4. The number of halogens is 3. The van der Waals surface area contributed by atoms with Crippen LogP contribution in [0.5, 0.6) is 5.75 Å². The first-order valence-corrected chi connectivity index (χ1v) is 11.8. The molecule has 0 saturated heterocycles. The van der Waals surface area contributed by atoms with Crippen molar-refractivity contribution in [1.82, 2.24) is 0 Å². The van der Waals surface area contributed by atoms with Crippen LogP contribution in [0, 0.1) is 13.8 Å². The average molecular weight is 467 g/mol. The van der Waals surface area contributed by atoms with E-state index in [2.05, 4.69) is 64.8 Å². The van der Waals surface area contributed by atoms with Crippen molar-refractivity contribution in [3.05, 3.63) is 77.4 Å². The van der Waals surface area contributed by atoms with Crippen LogP contribution in [-0.2, 0) is 5.41 Å². The molecule has 0 aliphatic carbocycles. The summed E-state index contributed by atoms with van der Waals surface area (Å²) >= 11 is 0. The highest BCUT2D eigenvalue weighted by Crippen LogP contribution is 2.58. The zero-order chi connectivity index (χ0) is 24.3. The monoisotopic (exact) mass is 466 g/mol. The van der Waals surface area contributed by atoms with Crippen LogP contribution in [0.3, 0.4) is 0 Å². The van der Waals surface area contributed by atoms with Crippen molar-refractivity contribution in [3.8, 4) is 5.75 Å². The zero-order valence-electron chi connectivity index (χ0n) is 19.9. The summed E-state index contributed by atoms with van der Waals surface area (Å²) < 4.78 is 43.5. The molecule has 0 bridgehead atoms. The molecule has 0 saturated carbocycles. The topological polar surface area (TPSA) is 15.7 Å². The summed E-state index contributed by atoms with van der Waals surface area (Å²) in [6, 6.07) is 19.5. The van der Waals surface area contributed by atoms with Crippen molar-refractivity contribution in [1.29, 1.82) is 0 Å². The fourth-order valence-electron chi connectivity index (χ4n) is 5.92. The average Bonchev–Trinajstić information content (AvgIpc) is 3.09. The summed E-state index contributed by atoms with van der Waals surface area (Å²) in [5.74, 6) is -0.203. The molecular weight excluding hydrogens is 437 g/mol. The number of hydrogen-bond donors (Lipinski definition) is 0. The van der Waals surface area contributed by atoms with Gasteiger partial charge in [0.05, 0.1) is 11.4 Å². The lowest BCUT2D eigenvalue weighted by Gasteiger charge is -2.47. The summed E-state index contributed by atoms with van der Waals surface area (Å²) in [7, 11) is 0. The SMILES string of the molecule is CCC1(CC)CC2N(c3cc(C)cc(C)c3)c3cc(OC(F)(F)F)ccc3N2c2ccccc21. The third-order valence-electron chi connectivity index (χ3n) is 7.44. The first-order chi connectivity index (χ1) is 16.2. The van der Waals surface area contributed by atoms with Crippen LogP contribution in [0.2, 0.25) is 0 Å². The van der Waals surface area contributed by atoms with Crippen LogP contribution in [-0.4, -0.2) is 12.5 Å². The lowest BCUT2D eigenvalue weighted by atomic mass is 9.69. The summed E-state index contributed by atoms with van der Waals surface area (Å²) in [5, 5.41) is 0. The Morgan fingerprint density at radius 2 is 1.53 bits per heavy atom. The van der Waals surface area contributed by atoms with Gasteiger partial charge in [-0.15, -0.1) is 13.2 Å². The molecule has 1 unspecified atom stereocenters. The quantitative estimate of drug-likeness (QED) is 0.385. The molecule has 1 atom stereocenters. The van der Waals surface area contributed by atoms with Crippen molar-refractivity contribution >= 4 is 22.7 Å². The molecule has 3 nitrogen and oxygen atoms in total. The maximum atomic E-state index is 13.1. The fraction of sp³-hybridized carbons (Fsp3) is 0.357. The second kappa shape index (κ2) is 7.97. The number of anilines is 4. The van der Waals surface area contributed by atoms with Crippen molar-refractivity contribution in [3.63, 3.8) is 0 Å². The third-order valence-corrected chi connectivity index (χ3v) is 7.44. The summed E-state index contributed by atoms with van der Waals surface area (Å²) in [6.45, 7) is 8.56. The van der Waals surface area contributed by atoms with Gasteiger partial charge < -0.3 is 14.5 Å². The van der Waals surface area contributed by atoms with Crippen molar-refractivity contribution in [2.24, 2.45) is 0 Å². The molecule has 3 aromatic rings. The van der Waals surface area contributed by atoms with Crippen LogP contribution < -0.4 is 14.5 Å². The maximum Gasteiger partial charge on any atom is 0.573 e. The number of hydrogen-bond acceptors (Lipinski definition) is 3. The number of alkyl halides is 3. The molecule has 2 aliphatic heterocycles. The minimum absolute atomic E-state index is 0.0117. The lowest BCUT2D eigenvalue weighted by molar-refractivity contribution is -0.274. The fourth-order valence-corrected chi connectivity index (χ4v) is 5.92. The Balaban J connectivity index is 1.75. The Hall–Kier alpha value is -3.15. The molecule has 0 spiro atoms. The standard InChI is InChI=1S/C28H29F3N2O/c1-5-27(6-2)17-26-32(20-14-18(3)13-19(4)15-20)25-16-21(34-28(29,30)31)11-12-24(25)33(26)23-10-8-7-9-22(23)27/h7-16,26H,5-6,17H2,1-4H3. The van der Waals surface area contributed by atoms with E-state index in [4.69, 9.17) is 0 Å². The number of rotatable bonds is 4. The van der Waals surface area contributed by atoms with Gasteiger partial charge in [0.2, 0.25) is 0 Å². The van der Waals surface area contributed by atoms with Crippen molar-refractivity contribution in [2.75, 3.05) is 9.80 Å². The summed E-state index contributed by atoms with van der Waals surface area (Å²) in [6.07, 6.45) is -1.94. The smallest absolute Gasteiger partial charge is 0.406 e. The van der Waals surface area contributed by atoms with Gasteiger partial charge in [0.15, 0.2) is 0 Å². The van der Waals surface area contributed by atoms with E-state index in [9.17, 15) is 13.2 Å². The van der Waals surface area contributed by atoms with Gasteiger partial charge in [-0.1, -0.05) is 38.1 Å². The van der Waals surface area contributed by atoms with Crippen LogP contribution in [0.15, 0.2) is 60.7 Å². The maximum absolute atomic E-state index is 13.1. The second-order valence-corrected chi connectivity index (χ2v) is 9.47. The van der Waals surface area contributed by atoms with Gasteiger partial charge in [-0.3, -0.25) is 0 Å². The molecule has 34 heavy (non-hydrogen) atoms. The Kier molecular flexibility index (Phi) is 5.30. The van der Waals surface area contributed by atoms with Crippen molar-refractivity contribution < 1.29 is 17.9 Å². The third kappa shape index (κ3) is 3.60. The van der Waals surface area contributed by atoms with Gasteiger partial charge in [-0.2, -0.15) is 0 Å². The van der Waals surface area contributed by atoms with Gasteiger partial charge in [0.1, 0.15) is 11.9 Å². The van der Waals surface area contributed by atoms with E-state index in [1.165, 1.54) is 17.7 Å². The van der Waals surface area contributed by atoms with E-state index in [-0.39, 0.29) is 17.3 Å². The molecule has 0 aromatic heterocycles. The van der Waals surface area contributed by atoms with E-state index in [0.717, 1.165) is 53.1 Å². The highest BCUT2D eigenvalue weighted by Gasteiger charge is 2.49. The predicted octanol–water partition coefficient (Wildman–Crippen LogP) is 8.28. The number of para-hydroxylation sites is 1. The van der Waals surface area contributed by atoms with Gasteiger partial charge in [-0.05, 0) is 80.1 Å². The number of ether oxygens (including phenoxy) is 1. The minimum Gasteiger partial charge on any atom is -0.406 e.